The Morgan fingerprint density at radius 1 is 1.19 bits per heavy atom. The molecule has 0 spiro atoms. The van der Waals surface area contributed by atoms with Crippen molar-refractivity contribution in [2.45, 2.75) is 45.8 Å². The number of carbonyl (C=O) groups excluding carboxylic acids is 2. The summed E-state index contributed by atoms with van der Waals surface area (Å²) in [6.07, 6.45) is -0.243. The molecule has 0 saturated carbocycles. The monoisotopic (exact) mass is 364 g/mol. The first kappa shape index (κ1) is 19.7. The number of amides is 1. The van der Waals surface area contributed by atoms with Crippen LogP contribution in [-0.2, 0) is 9.47 Å². The molecule has 0 bridgehead atoms. The van der Waals surface area contributed by atoms with Gasteiger partial charge in [-0.15, -0.1) is 0 Å². The van der Waals surface area contributed by atoms with Gasteiger partial charge in [0.05, 0.1) is 17.0 Å². The molecule has 0 aromatic heterocycles. The van der Waals surface area contributed by atoms with Crippen molar-refractivity contribution in [2.24, 2.45) is 5.92 Å². The smallest absolute Gasteiger partial charge is 0.410 e. The minimum absolute atomic E-state index is 0.0936. The number of rotatable bonds is 3. The lowest BCUT2D eigenvalue weighted by Crippen LogP contribution is -2.48. The second kappa shape index (κ2) is 7.72. The van der Waals surface area contributed by atoms with Gasteiger partial charge in [0.25, 0.3) is 5.69 Å². The zero-order chi connectivity index (χ0) is 19.5. The highest BCUT2D eigenvalue weighted by atomic mass is 16.6. The van der Waals surface area contributed by atoms with E-state index in [2.05, 4.69) is 0 Å². The van der Waals surface area contributed by atoms with Crippen LogP contribution in [-0.4, -0.2) is 46.7 Å². The van der Waals surface area contributed by atoms with Crippen molar-refractivity contribution in [2.75, 3.05) is 13.1 Å². The summed E-state index contributed by atoms with van der Waals surface area (Å²) in [5, 5.41) is 10.7. The quantitative estimate of drug-likeness (QED) is 0.463. The van der Waals surface area contributed by atoms with Crippen LogP contribution in [0.1, 0.15) is 44.5 Å². The number of esters is 1. The fourth-order valence-corrected chi connectivity index (χ4v) is 2.79. The highest BCUT2D eigenvalue weighted by Crippen LogP contribution is 2.22. The summed E-state index contributed by atoms with van der Waals surface area (Å²) in [6.45, 7) is 8.17. The van der Waals surface area contributed by atoms with Crippen LogP contribution in [0.15, 0.2) is 24.3 Å². The Balaban J connectivity index is 2.00. The van der Waals surface area contributed by atoms with E-state index in [-0.39, 0.29) is 23.7 Å². The number of piperidine rings is 1. The van der Waals surface area contributed by atoms with Crippen molar-refractivity contribution in [1.82, 2.24) is 4.90 Å². The van der Waals surface area contributed by atoms with Crippen molar-refractivity contribution < 1.29 is 24.0 Å². The molecular formula is C18H24N2O6. The molecule has 2 rings (SSSR count). The molecule has 1 aliphatic rings. The van der Waals surface area contributed by atoms with Crippen molar-refractivity contribution in [1.29, 1.82) is 0 Å². The van der Waals surface area contributed by atoms with Crippen LogP contribution in [0.4, 0.5) is 10.5 Å². The van der Waals surface area contributed by atoms with E-state index >= 15 is 0 Å². The van der Waals surface area contributed by atoms with E-state index in [0.717, 1.165) is 0 Å². The predicted molar refractivity (Wildman–Crippen MR) is 93.9 cm³/mol. The summed E-state index contributed by atoms with van der Waals surface area (Å²) in [5.74, 6) is -0.408. The third-order valence-corrected chi connectivity index (χ3v) is 3.86. The third kappa shape index (κ3) is 5.44. The van der Waals surface area contributed by atoms with Crippen LogP contribution in [0.2, 0.25) is 0 Å². The molecule has 0 aliphatic carbocycles. The molecule has 8 heteroatoms. The minimum Gasteiger partial charge on any atom is -0.457 e. The van der Waals surface area contributed by atoms with E-state index in [9.17, 15) is 19.7 Å². The van der Waals surface area contributed by atoms with Gasteiger partial charge in [-0.2, -0.15) is 0 Å². The molecule has 1 heterocycles. The molecule has 0 N–H and O–H groups in total. The normalized spacial score (nSPS) is 20.4. The van der Waals surface area contributed by atoms with Crippen LogP contribution in [0.25, 0.3) is 0 Å². The zero-order valence-corrected chi connectivity index (χ0v) is 15.4. The molecule has 0 radical (unpaired) electrons. The highest BCUT2D eigenvalue weighted by molar-refractivity contribution is 5.89. The Morgan fingerprint density at radius 2 is 1.81 bits per heavy atom. The second-order valence-corrected chi connectivity index (χ2v) is 7.56. The standard InChI is InChI=1S/C18H24N2O6/c1-12-9-15(11-19(10-12)17(22)26-18(2,3)4)25-16(21)13-5-7-14(8-6-13)20(23)24/h5-8,12,15H,9-11H2,1-4H3/t12-,15-/m0/s1. The van der Waals surface area contributed by atoms with Gasteiger partial charge in [-0.1, -0.05) is 6.92 Å². The van der Waals surface area contributed by atoms with Gasteiger partial charge in [0.15, 0.2) is 0 Å². The molecule has 26 heavy (non-hydrogen) atoms. The van der Waals surface area contributed by atoms with E-state index < -0.39 is 28.7 Å². The maximum absolute atomic E-state index is 12.3. The van der Waals surface area contributed by atoms with E-state index in [1.807, 2.05) is 6.92 Å². The van der Waals surface area contributed by atoms with Gasteiger partial charge in [-0.3, -0.25) is 10.1 Å². The van der Waals surface area contributed by atoms with Gasteiger partial charge in [0.2, 0.25) is 0 Å². The van der Waals surface area contributed by atoms with E-state index in [4.69, 9.17) is 9.47 Å². The molecule has 1 aromatic carbocycles. The molecule has 1 amide bonds. The molecule has 1 fully saturated rings. The van der Waals surface area contributed by atoms with E-state index in [1.165, 1.54) is 24.3 Å². The average Bonchev–Trinajstić information content (AvgIpc) is 2.52. The van der Waals surface area contributed by atoms with E-state index in [0.29, 0.717) is 13.0 Å². The number of ether oxygens (including phenoxy) is 2. The van der Waals surface area contributed by atoms with Gasteiger partial charge in [0.1, 0.15) is 11.7 Å². The summed E-state index contributed by atoms with van der Waals surface area (Å²) in [5.41, 5.74) is -0.454. The number of nitro groups is 1. The van der Waals surface area contributed by atoms with Crippen molar-refractivity contribution in [3.05, 3.63) is 39.9 Å². The zero-order valence-electron chi connectivity index (χ0n) is 15.4. The van der Waals surface area contributed by atoms with Gasteiger partial charge < -0.3 is 14.4 Å². The Kier molecular flexibility index (Phi) is 5.84. The number of nitro benzene ring substituents is 1. The number of hydrogen-bond donors (Lipinski definition) is 0. The molecule has 142 valence electrons. The molecule has 8 nitrogen and oxygen atoms in total. The summed E-state index contributed by atoms with van der Waals surface area (Å²) < 4.78 is 10.9. The number of likely N-dealkylation sites (tertiary alicyclic amines) is 1. The summed E-state index contributed by atoms with van der Waals surface area (Å²) in [7, 11) is 0. The van der Waals surface area contributed by atoms with Gasteiger partial charge in [-0.05, 0) is 45.2 Å². The Morgan fingerprint density at radius 3 is 2.35 bits per heavy atom. The predicted octanol–water partition coefficient (Wildman–Crippen LogP) is 3.40. The van der Waals surface area contributed by atoms with Crippen LogP contribution in [0.3, 0.4) is 0 Å². The minimum atomic E-state index is -0.595. The Bertz CT molecular complexity index is 680. The number of non-ortho nitro benzene ring substituents is 1. The second-order valence-electron chi connectivity index (χ2n) is 7.56. The lowest BCUT2D eigenvalue weighted by molar-refractivity contribution is -0.384. The van der Waals surface area contributed by atoms with Crippen molar-refractivity contribution >= 4 is 17.7 Å². The third-order valence-electron chi connectivity index (χ3n) is 3.86. The maximum Gasteiger partial charge on any atom is 0.410 e. The SMILES string of the molecule is C[C@H]1C[C@H](OC(=O)c2ccc([N+](=O)[O-])cc2)CN(C(=O)OC(C)(C)C)C1. The molecular weight excluding hydrogens is 340 g/mol. The fraction of sp³-hybridized carbons (Fsp3) is 0.556. The van der Waals surface area contributed by atoms with Crippen LogP contribution < -0.4 is 0 Å². The number of hydrogen-bond acceptors (Lipinski definition) is 6. The number of carbonyl (C=O) groups is 2. The first-order valence-corrected chi connectivity index (χ1v) is 8.48. The lowest BCUT2D eigenvalue weighted by atomic mass is 9.98. The molecule has 1 aromatic rings. The van der Waals surface area contributed by atoms with Crippen LogP contribution >= 0.6 is 0 Å². The van der Waals surface area contributed by atoms with Crippen molar-refractivity contribution in [3.8, 4) is 0 Å². The Labute approximate surface area is 152 Å². The van der Waals surface area contributed by atoms with E-state index in [1.54, 1.807) is 25.7 Å². The topological polar surface area (TPSA) is 99.0 Å². The largest absolute Gasteiger partial charge is 0.457 e. The molecule has 1 saturated heterocycles. The van der Waals surface area contributed by atoms with Crippen LogP contribution in [0.5, 0.6) is 0 Å². The first-order valence-electron chi connectivity index (χ1n) is 8.48. The summed E-state index contributed by atoms with van der Waals surface area (Å²) >= 11 is 0. The van der Waals surface area contributed by atoms with Gasteiger partial charge in [0, 0.05) is 18.7 Å². The average molecular weight is 364 g/mol. The molecule has 1 aliphatic heterocycles. The molecule has 0 unspecified atom stereocenters. The summed E-state index contributed by atoms with van der Waals surface area (Å²) in [4.78, 5) is 36.2. The number of nitrogens with zero attached hydrogens (tertiary/aromatic N) is 2. The number of benzene rings is 1. The fourth-order valence-electron chi connectivity index (χ4n) is 2.79. The maximum atomic E-state index is 12.3. The van der Waals surface area contributed by atoms with Gasteiger partial charge in [-0.25, -0.2) is 9.59 Å². The molecule has 2 atom stereocenters. The van der Waals surface area contributed by atoms with Crippen LogP contribution in [0, 0.1) is 16.0 Å². The van der Waals surface area contributed by atoms with Gasteiger partial charge >= 0.3 is 12.1 Å². The lowest BCUT2D eigenvalue weighted by Gasteiger charge is -2.36. The van der Waals surface area contributed by atoms with Crippen molar-refractivity contribution in [3.63, 3.8) is 0 Å². The highest BCUT2D eigenvalue weighted by Gasteiger charge is 2.32. The first-order chi connectivity index (χ1) is 12.0. The summed E-state index contributed by atoms with van der Waals surface area (Å²) in [6, 6.07) is 5.23. The Hall–Kier alpha value is -2.64.